The molecule has 0 radical (unpaired) electrons. The Morgan fingerprint density at radius 2 is 2.11 bits per heavy atom. The van der Waals surface area contributed by atoms with Crippen LogP contribution >= 0.6 is 15.9 Å². The Hall–Kier alpha value is -1.06. The Morgan fingerprint density at radius 3 is 2.72 bits per heavy atom. The van der Waals surface area contributed by atoms with Gasteiger partial charge in [-0.2, -0.15) is 5.26 Å². The second-order valence-corrected chi connectivity index (χ2v) is 7.53. The average Bonchev–Trinajstić information content (AvgIpc) is 2.31. The van der Waals surface area contributed by atoms with Gasteiger partial charge in [-0.1, -0.05) is 12.1 Å². The molecule has 1 aromatic rings. The van der Waals surface area contributed by atoms with Gasteiger partial charge >= 0.3 is 0 Å². The first-order chi connectivity index (χ1) is 8.46. The van der Waals surface area contributed by atoms with Crippen molar-refractivity contribution >= 4 is 31.5 Å². The molecule has 0 aromatic heterocycles. The summed E-state index contributed by atoms with van der Waals surface area (Å²) in [7, 11) is -3.14. The summed E-state index contributed by atoms with van der Waals surface area (Å²) in [5.74, 6) is 0.0475. The summed E-state index contributed by atoms with van der Waals surface area (Å²) in [6, 6.07) is 9.52. The van der Waals surface area contributed by atoms with Gasteiger partial charge in [0, 0.05) is 10.2 Å². The van der Waals surface area contributed by atoms with E-state index in [9.17, 15) is 13.7 Å². The third-order valence-corrected chi connectivity index (χ3v) is 5.52. The van der Waals surface area contributed by atoms with E-state index in [0.29, 0.717) is 12.8 Å². The molecule has 1 atom stereocenters. The zero-order chi connectivity index (χ0) is 13.2. The van der Waals surface area contributed by atoms with Crippen LogP contribution in [0.2, 0.25) is 0 Å². The van der Waals surface area contributed by atoms with Crippen LogP contribution in [-0.4, -0.2) is 25.5 Å². The van der Waals surface area contributed by atoms with Gasteiger partial charge in [-0.3, -0.25) is 0 Å². The Bertz CT molecular complexity index is 594. The summed E-state index contributed by atoms with van der Waals surface area (Å²) in [6.07, 6.45) is 1.07. The van der Waals surface area contributed by atoms with Crippen molar-refractivity contribution in [1.82, 2.24) is 0 Å². The number of hydrogen-bond donors (Lipinski definition) is 1. The molecule has 1 aliphatic heterocycles. The molecule has 1 aliphatic rings. The molecule has 1 N–H and O–H groups in total. The molecule has 0 aliphatic carbocycles. The van der Waals surface area contributed by atoms with Crippen molar-refractivity contribution in [3.05, 3.63) is 28.7 Å². The highest BCUT2D eigenvalue weighted by molar-refractivity contribution is 9.10. The van der Waals surface area contributed by atoms with Crippen molar-refractivity contribution in [3.8, 4) is 6.07 Å². The molecular weight excluding hydrogens is 316 g/mol. The lowest BCUT2D eigenvalue weighted by Crippen LogP contribution is -2.47. The number of nitrogens with zero attached hydrogens (tertiary/aromatic N) is 1. The summed E-state index contributed by atoms with van der Waals surface area (Å²) in [5.41, 5.74) is -0.267. The maximum atomic E-state index is 11.7. The van der Waals surface area contributed by atoms with E-state index in [1.165, 1.54) is 0 Å². The van der Waals surface area contributed by atoms with E-state index in [1.807, 2.05) is 24.3 Å². The van der Waals surface area contributed by atoms with Crippen LogP contribution in [0, 0.1) is 11.3 Å². The lowest BCUT2D eigenvalue weighted by molar-refractivity contribution is 0.519. The van der Waals surface area contributed by atoms with Crippen LogP contribution in [0.3, 0.4) is 0 Å². The quantitative estimate of drug-likeness (QED) is 0.904. The second-order valence-electron chi connectivity index (χ2n) is 4.49. The first kappa shape index (κ1) is 13.4. The zero-order valence-electron chi connectivity index (χ0n) is 9.69. The molecule has 2 rings (SSSR count). The van der Waals surface area contributed by atoms with Crippen molar-refractivity contribution < 1.29 is 8.42 Å². The first-order valence-corrected chi connectivity index (χ1v) is 8.22. The zero-order valence-corrected chi connectivity index (χ0v) is 12.1. The highest BCUT2D eigenvalue weighted by atomic mass is 79.9. The van der Waals surface area contributed by atoms with Gasteiger partial charge in [-0.05, 0) is 40.9 Å². The molecule has 18 heavy (non-hydrogen) atoms. The van der Waals surface area contributed by atoms with Gasteiger partial charge in [0.05, 0.1) is 17.6 Å². The molecule has 1 heterocycles. The predicted octanol–water partition coefficient (Wildman–Crippen LogP) is 2.33. The summed E-state index contributed by atoms with van der Waals surface area (Å²) in [5, 5.41) is 12.4. The van der Waals surface area contributed by atoms with Gasteiger partial charge < -0.3 is 5.32 Å². The number of halogens is 1. The van der Waals surface area contributed by atoms with Crippen LogP contribution < -0.4 is 5.32 Å². The summed E-state index contributed by atoms with van der Waals surface area (Å²) in [4.78, 5) is 0. The van der Waals surface area contributed by atoms with E-state index in [0.717, 1.165) is 10.2 Å². The summed E-state index contributed by atoms with van der Waals surface area (Å²) < 4.78 is 24.2. The Labute approximate surface area is 115 Å². The first-order valence-electron chi connectivity index (χ1n) is 5.61. The summed E-state index contributed by atoms with van der Waals surface area (Å²) in [6.45, 7) is 0. The SMILES string of the molecule is N#CC1(Nc2ccccc2Br)CCCS(=O)(=O)C1. The molecule has 0 amide bonds. The molecular formula is C12H13BrN2O2S. The number of benzene rings is 1. The van der Waals surface area contributed by atoms with Gasteiger partial charge in [0.2, 0.25) is 0 Å². The smallest absolute Gasteiger partial charge is 0.153 e. The Morgan fingerprint density at radius 1 is 1.39 bits per heavy atom. The molecule has 6 heteroatoms. The fourth-order valence-electron chi connectivity index (χ4n) is 2.15. The molecule has 0 bridgehead atoms. The fraction of sp³-hybridized carbons (Fsp3) is 0.417. The normalized spacial score (nSPS) is 26.2. The van der Waals surface area contributed by atoms with E-state index >= 15 is 0 Å². The maximum absolute atomic E-state index is 11.7. The van der Waals surface area contributed by atoms with Gasteiger partial charge in [0.15, 0.2) is 9.84 Å². The topological polar surface area (TPSA) is 70.0 Å². The molecule has 1 unspecified atom stereocenters. The van der Waals surface area contributed by atoms with Crippen LogP contribution in [0.5, 0.6) is 0 Å². The average molecular weight is 329 g/mol. The molecule has 1 aromatic carbocycles. The van der Waals surface area contributed by atoms with Crippen molar-refractivity contribution in [2.75, 3.05) is 16.8 Å². The Balaban J connectivity index is 2.30. The minimum Gasteiger partial charge on any atom is -0.366 e. The lowest BCUT2D eigenvalue weighted by Gasteiger charge is -2.32. The van der Waals surface area contributed by atoms with Crippen molar-refractivity contribution in [2.24, 2.45) is 0 Å². The van der Waals surface area contributed by atoms with Gasteiger partial charge in [-0.15, -0.1) is 0 Å². The van der Waals surface area contributed by atoms with Crippen molar-refractivity contribution in [2.45, 2.75) is 18.4 Å². The van der Waals surface area contributed by atoms with E-state index in [-0.39, 0.29) is 11.5 Å². The van der Waals surface area contributed by atoms with Crippen molar-refractivity contribution in [3.63, 3.8) is 0 Å². The van der Waals surface area contributed by atoms with E-state index < -0.39 is 15.4 Å². The molecule has 0 saturated carbocycles. The number of hydrogen-bond acceptors (Lipinski definition) is 4. The van der Waals surface area contributed by atoms with Crippen LogP contribution in [0.25, 0.3) is 0 Å². The molecule has 4 nitrogen and oxygen atoms in total. The monoisotopic (exact) mass is 328 g/mol. The fourth-order valence-corrected chi connectivity index (χ4v) is 4.29. The highest BCUT2D eigenvalue weighted by Gasteiger charge is 2.39. The molecule has 96 valence electrons. The lowest BCUT2D eigenvalue weighted by atomic mass is 9.97. The third-order valence-electron chi connectivity index (χ3n) is 2.99. The maximum Gasteiger partial charge on any atom is 0.153 e. The summed E-state index contributed by atoms with van der Waals surface area (Å²) >= 11 is 3.38. The van der Waals surface area contributed by atoms with Crippen LogP contribution in [-0.2, 0) is 9.84 Å². The second kappa shape index (κ2) is 4.90. The van der Waals surface area contributed by atoms with Gasteiger partial charge in [0.25, 0.3) is 0 Å². The number of anilines is 1. The van der Waals surface area contributed by atoms with E-state index in [4.69, 9.17) is 0 Å². The van der Waals surface area contributed by atoms with E-state index in [1.54, 1.807) is 0 Å². The van der Waals surface area contributed by atoms with Gasteiger partial charge in [0.1, 0.15) is 5.54 Å². The molecule has 1 saturated heterocycles. The minimum absolute atomic E-state index is 0.127. The number of para-hydroxylation sites is 1. The van der Waals surface area contributed by atoms with Crippen LogP contribution in [0.4, 0.5) is 5.69 Å². The number of rotatable bonds is 2. The predicted molar refractivity (Wildman–Crippen MR) is 74.0 cm³/mol. The van der Waals surface area contributed by atoms with E-state index in [2.05, 4.69) is 27.3 Å². The standard InChI is InChI=1S/C12H13BrN2O2S/c13-10-4-1-2-5-11(10)15-12(8-14)6-3-7-18(16,17)9-12/h1-2,4-5,15H,3,6-7,9H2. The molecule has 0 spiro atoms. The number of nitriles is 1. The van der Waals surface area contributed by atoms with Crippen LogP contribution in [0.15, 0.2) is 28.7 Å². The third kappa shape index (κ3) is 2.85. The van der Waals surface area contributed by atoms with Crippen molar-refractivity contribution in [1.29, 1.82) is 5.26 Å². The minimum atomic E-state index is -3.14. The number of sulfone groups is 1. The largest absolute Gasteiger partial charge is 0.366 e. The van der Waals surface area contributed by atoms with Gasteiger partial charge in [-0.25, -0.2) is 8.42 Å². The molecule has 1 fully saturated rings. The van der Waals surface area contributed by atoms with Crippen LogP contribution in [0.1, 0.15) is 12.8 Å². The number of nitrogens with one attached hydrogen (secondary N) is 1. The highest BCUT2D eigenvalue weighted by Crippen LogP contribution is 2.30. The Kier molecular flexibility index (Phi) is 3.64.